The maximum atomic E-state index is 12.3. The molecule has 0 aliphatic carbocycles. The lowest BCUT2D eigenvalue weighted by molar-refractivity contribution is -0.141. The van der Waals surface area contributed by atoms with Crippen LogP contribution in [0.15, 0.2) is 77.9 Å². The third-order valence-corrected chi connectivity index (χ3v) is 3.91. The molecule has 0 spiro atoms. The highest BCUT2D eigenvalue weighted by atomic mass is 16.5. The van der Waals surface area contributed by atoms with Crippen molar-refractivity contribution in [1.82, 2.24) is 0 Å². The Hall–Kier alpha value is -2.61. The quantitative estimate of drug-likeness (QED) is 0.374. The van der Waals surface area contributed by atoms with Gasteiger partial charge in [-0.05, 0) is 47.6 Å². The van der Waals surface area contributed by atoms with Crippen molar-refractivity contribution in [1.29, 1.82) is 0 Å². The summed E-state index contributed by atoms with van der Waals surface area (Å²) in [5, 5.41) is 0. The molecule has 0 heterocycles. The summed E-state index contributed by atoms with van der Waals surface area (Å²) in [5.41, 5.74) is 4.98. The first-order chi connectivity index (χ1) is 12.3. The van der Waals surface area contributed by atoms with E-state index in [1.165, 1.54) is 0 Å². The first-order valence-corrected chi connectivity index (χ1v) is 8.95. The van der Waals surface area contributed by atoms with E-state index in [0.717, 1.165) is 22.3 Å². The van der Waals surface area contributed by atoms with Gasteiger partial charge in [-0.25, -0.2) is 4.79 Å². The Labute approximate surface area is 157 Å². The van der Waals surface area contributed by atoms with Crippen LogP contribution in [0.2, 0.25) is 0 Å². The average molecular weight is 348 g/mol. The minimum Gasteiger partial charge on any atom is -0.462 e. The number of carbonyl (C=O) groups excluding carboxylic acids is 1. The van der Waals surface area contributed by atoms with Gasteiger partial charge in [0.1, 0.15) is 0 Å². The van der Waals surface area contributed by atoms with Crippen molar-refractivity contribution < 1.29 is 9.53 Å². The van der Waals surface area contributed by atoms with E-state index in [-0.39, 0.29) is 11.4 Å². The maximum Gasteiger partial charge on any atom is 0.333 e. The molecule has 136 valence electrons. The van der Waals surface area contributed by atoms with E-state index in [1.54, 1.807) is 0 Å². The number of rotatable bonds is 5. The summed E-state index contributed by atoms with van der Waals surface area (Å²) >= 11 is 0. The summed E-state index contributed by atoms with van der Waals surface area (Å²) in [6.07, 6.45) is 1.92. The van der Waals surface area contributed by atoms with Crippen LogP contribution >= 0.6 is 0 Å². The van der Waals surface area contributed by atoms with Crippen molar-refractivity contribution >= 4 is 11.5 Å². The second kappa shape index (κ2) is 8.66. The first-order valence-electron chi connectivity index (χ1n) is 8.95. The van der Waals surface area contributed by atoms with Crippen LogP contribution in [0.4, 0.5) is 0 Å². The highest BCUT2D eigenvalue weighted by Gasteiger charge is 2.15. The van der Waals surface area contributed by atoms with Gasteiger partial charge < -0.3 is 4.74 Å². The van der Waals surface area contributed by atoms with E-state index in [2.05, 4.69) is 24.3 Å². The molecule has 0 aliphatic heterocycles. The van der Waals surface area contributed by atoms with Gasteiger partial charge in [-0.3, -0.25) is 0 Å². The molecule has 26 heavy (non-hydrogen) atoms. The Morgan fingerprint density at radius 3 is 1.77 bits per heavy atom. The largest absolute Gasteiger partial charge is 0.462 e. The topological polar surface area (TPSA) is 26.3 Å². The van der Waals surface area contributed by atoms with E-state index in [0.29, 0.717) is 12.2 Å². The zero-order chi connectivity index (χ0) is 19.2. The SMILES string of the molecule is CC(/C=C(\C)C(=O)OCC(C)(C)C)=C(c1ccccc1)c1ccccc1. The molecular weight excluding hydrogens is 320 g/mol. The fraction of sp³-hybridized carbons (Fsp3) is 0.292. The smallest absolute Gasteiger partial charge is 0.333 e. The average Bonchev–Trinajstić information content (AvgIpc) is 2.61. The number of carbonyl (C=O) groups is 1. The highest BCUT2D eigenvalue weighted by molar-refractivity contribution is 5.90. The molecule has 2 aromatic carbocycles. The second-order valence-corrected chi connectivity index (χ2v) is 7.75. The van der Waals surface area contributed by atoms with Gasteiger partial charge in [0, 0.05) is 5.57 Å². The Bertz CT molecular complexity index is 750. The van der Waals surface area contributed by atoms with Gasteiger partial charge in [0.2, 0.25) is 0 Å². The Morgan fingerprint density at radius 1 is 0.885 bits per heavy atom. The standard InChI is InChI=1S/C24H28O2/c1-18(16-19(2)23(25)26-17-24(3,4)5)22(20-12-8-6-9-13-20)21-14-10-7-11-15-21/h6-16H,17H2,1-5H3/b19-16+. The minimum atomic E-state index is -0.264. The Balaban J connectivity index is 2.39. The third kappa shape index (κ3) is 5.73. The molecule has 0 N–H and O–H groups in total. The van der Waals surface area contributed by atoms with Gasteiger partial charge in [0.05, 0.1) is 6.61 Å². The summed E-state index contributed by atoms with van der Waals surface area (Å²) in [7, 11) is 0. The number of hydrogen-bond acceptors (Lipinski definition) is 2. The van der Waals surface area contributed by atoms with Crippen LogP contribution in [0.1, 0.15) is 45.7 Å². The molecule has 0 atom stereocenters. The summed E-state index contributed by atoms with van der Waals surface area (Å²) in [6.45, 7) is 10.4. The molecule has 0 bridgehead atoms. The van der Waals surface area contributed by atoms with Crippen molar-refractivity contribution in [2.75, 3.05) is 6.61 Å². The van der Waals surface area contributed by atoms with Gasteiger partial charge in [-0.1, -0.05) is 81.4 Å². The van der Waals surface area contributed by atoms with Gasteiger partial charge in [-0.15, -0.1) is 0 Å². The molecule has 0 saturated heterocycles. The fourth-order valence-electron chi connectivity index (χ4n) is 2.68. The van der Waals surface area contributed by atoms with Crippen LogP contribution in [-0.4, -0.2) is 12.6 Å². The highest BCUT2D eigenvalue weighted by Crippen LogP contribution is 2.28. The molecule has 2 rings (SSSR count). The normalized spacial score (nSPS) is 11.8. The zero-order valence-electron chi connectivity index (χ0n) is 16.4. The monoisotopic (exact) mass is 348 g/mol. The summed E-state index contributed by atoms with van der Waals surface area (Å²) < 4.78 is 5.43. The number of allylic oxidation sites excluding steroid dienone is 2. The van der Waals surface area contributed by atoms with Crippen LogP contribution < -0.4 is 0 Å². The number of ether oxygens (including phenoxy) is 1. The molecule has 2 heteroatoms. The van der Waals surface area contributed by atoms with E-state index < -0.39 is 0 Å². The van der Waals surface area contributed by atoms with E-state index in [1.807, 2.05) is 77.1 Å². The fourth-order valence-corrected chi connectivity index (χ4v) is 2.68. The number of hydrogen-bond donors (Lipinski definition) is 0. The molecule has 2 aromatic rings. The maximum absolute atomic E-state index is 12.3. The van der Waals surface area contributed by atoms with Crippen LogP contribution in [0.3, 0.4) is 0 Å². The van der Waals surface area contributed by atoms with Crippen molar-refractivity contribution in [3.63, 3.8) is 0 Å². The molecule has 0 saturated carbocycles. The summed E-state index contributed by atoms with van der Waals surface area (Å²) in [6, 6.07) is 20.5. The lowest BCUT2D eigenvalue weighted by Gasteiger charge is -2.18. The first kappa shape index (κ1) is 19.7. The van der Waals surface area contributed by atoms with E-state index in [4.69, 9.17) is 4.74 Å². The lowest BCUT2D eigenvalue weighted by atomic mass is 9.93. The van der Waals surface area contributed by atoms with Crippen molar-refractivity contribution in [3.8, 4) is 0 Å². The summed E-state index contributed by atoms with van der Waals surface area (Å²) in [4.78, 5) is 12.3. The van der Waals surface area contributed by atoms with E-state index in [9.17, 15) is 4.79 Å². The summed E-state index contributed by atoms with van der Waals surface area (Å²) in [5.74, 6) is -0.264. The zero-order valence-corrected chi connectivity index (χ0v) is 16.4. The van der Waals surface area contributed by atoms with Crippen LogP contribution in [0.25, 0.3) is 5.57 Å². The van der Waals surface area contributed by atoms with Crippen LogP contribution in [0, 0.1) is 5.41 Å². The molecule has 0 aromatic heterocycles. The van der Waals surface area contributed by atoms with Gasteiger partial charge >= 0.3 is 5.97 Å². The van der Waals surface area contributed by atoms with Crippen molar-refractivity contribution in [3.05, 3.63) is 89.0 Å². The van der Waals surface area contributed by atoms with Crippen LogP contribution in [0.5, 0.6) is 0 Å². The predicted molar refractivity (Wildman–Crippen MR) is 109 cm³/mol. The third-order valence-electron chi connectivity index (χ3n) is 3.91. The van der Waals surface area contributed by atoms with Gasteiger partial charge in [0.25, 0.3) is 0 Å². The number of esters is 1. The van der Waals surface area contributed by atoms with Gasteiger partial charge in [-0.2, -0.15) is 0 Å². The second-order valence-electron chi connectivity index (χ2n) is 7.75. The molecular formula is C24H28O2. The van der Waals surface area contributed by atoms with Crippen LogP contribution in [-0.2, 0) is 9.53 Å². The van der Waals surface area contributed by atoms with Crippen molar-refractivity contribution in [2.24, 2.45) is 5.41 Å². The number of benzene rings is 2. The predicted octanol–water partition coefficient (Wildman–Crippen LogP) is 6.04. The minimum absolute atomic E-state index is 0.0416. The van der Waals surface area contributed by atoms with Crippen molar-refractivity contribution in [2.45, 2.75) is 34.6 Å². The Morgan fingerprint density at radius 2 is 1.35 bits per heavy atom. The molecule has 2 nitrogen and oxygen atoms in total. The molecule has 0 aliphatic rings. The lowest BCUT2D eigenvalue weighted by Crippen LogP contribution is -2.18. The van der Waals surface area contributed by atoms with E-state index >= 15 is 0 Å². The van der Waals surface area contributed by atoms with Gasteiger partial charge in [0.15, 0.2) is 0 Å². The molecule has 0 unspecified atom stereocenters. The molecule has 0 amide bonds. The molecule has 0 radical (unpaired) electrons. The molecule has 0 fully saturated rings. The Kier molecular flexibility index (Phi) is 6.57.